The highest BCUT2D eigenvalue weighted by Gasteiger charge is 2.05. The SMILES string of the molecule is CCNC(=NCC(C)c1ccccc1)NCCC(=O)OC.I. The fourth-order valence-corrected chi connectivity index (χ4v) is 1.84. The Morgan fingerprint density at radius 3 is 2.55 bits per heavy atom. The maximum atomic E-state index is 11.1. The van der Waals surface area contributed by atoms with Crippen molar-refractivity contribution < 1.29 is 9.53 Å². The summed E-state index contributed by atoms with van der Waals surface area (Å²) in [6.45, 7) is 6.15. The molecule has 5 nitrogen and oxygen atoms in total. The molecule has 6 heteroatoms. The number of methoxy groups -OCH3 is 1. The van der Waals surface area contributed by atoms with Crippen LogP contribution >= 0.6 is 24.0 Å². The Balaban J connectivity index is 0.00000441. The van der Waals surface area contributed by atoms with Crippen LogP contribution in [0.2, 0.25) is 0 Å². The highest BCUT2D eigenvalue weighted by Crippen LogP contribution is 2.14. The van der Waals surface area contributed by atoms with Gasteiger partial charge in [-0.1, -0.05) is 37.3 Å². The Morgan fingerprint density at radius 2 is 1.95 bits per heavy atom. The molecule has 0 spiro atoms. The molecule has 124 valence electrons. The number of hydrogen-bond acceptors (Lipinski definition) is 3. The molecule has 1 aromatic carbocycles. The third kappa shape index (κ3) is 8.21. The second kappa shape index (κ2) is 12.3. The second-order valence-corrected chi connectivity index (χ2v) is 4.78. The molecule has 0 amide bonds. The van der Waals surface area contributed by atoms with Gasteiger partial charge in [0.15, 0.2) is 5.96 Å². The first kappa shape index (κ1) is 20.7. The van der Waals surface area contributed by atoms with Crippen molar-refractivity contribution in [2.45, 2.75) is 26.2 Å². The molecule has 0 aliphatic heterocycles. The third-order valence-corrected chi connectivity index (χ3v) is 3.09. The monoisotopic (exact) mass is 419 g/mol. The van der Waals surface area contributed by atoms with Gasteiger partial charge in [0.1, 0.15) is 0 Å². The molecule has 0 aliphatic rings. The molecule has 1 aromatic rings. The molecule has 1 atom stereocenters. The number of carbonyl (C=O) groups excluding carboxylic acids is 1. The van der Waals surface area contributed by atoms with Crippen LogP contribution in [0.3, 0.4) is 0 Å². The van der Waals surface area contributed by atoms with Gasteiger partial charge in [-0.3, -0.25) is 9.79 Å². The van der Waals surface area contributed by atoms with Crippen LogP contribution in [-0.2, 0) is 9.53 Å². The Morgan fingerprint density at radius 1 is 1.27 bits per heavy atom. The summed E-state index contributed by atoms with van der Waals surface area (Å²) >= 11 is 0. The van der Waals surface area contributed by atoms with Crippen molar-refractivity contribution in [3.05, 3.63) is 35.9 Å². The number of nitrogens with one attached hydrogen (secondary N) is 2. The highest BCUT2D eigenvalue weighted by molar-refractivity contribution is 14.0. The molecule has 22 heavy (non-hydrogen) atoms. The van der Waals surface area contributed by atoms with Gasteiger partial charge in [-0.2, -0.15) is 0 Å². The summed E-state index contributed by atoms with van der Waals surface area (Å²) in [6.07, 6.45) is 0.329. The van der Waals surface area contributed by atoms with Crippen LogP contribution in [0, 0.1) is 0 Å². The number of hydrogen-bond donors (Lipinski definition) is 2. The molecule has 0 heterocycles. The van der Waals surface area contributed by atoms with Crippen LogP contribution in [-0.4, -0.2) is 38.7 Å². The molecule has 1 unspecified atom stereocenters. The molecule has 0 saturated carbocycles. The predicted octanol–water partition coefficient (Wildman–Crippen LogP) is 2.53. The minimum atomic E-state index is -0.226. The summed E-state index contributed by atoms with van der Waals surface area (Å²) in [5.74, 6) is 0.849. The molecule has 1 rings (SSSR count). The van der Waals surface area contributed by atoms with Crippen molar-refractivity contribution in [2.24, 2.45) is 4.99 Å². The first-order chi connectivity index (χ1) is 10.2. The zero-order chi connectivity index (χ0) is 15.5. The summed E-state index contributed by atoms with van der Waals surface area (Å²) in [5.41, 5.74) is 1.27. The zero-order valence-corrected chi connectivity index (χ0v) is 15.8. The van der Waals surface area contributed by atoms with Crippen molar-refractivity contribution in [1.82, 2.24) is 10.6 Å². The molecule has 0 aliphatic carbocycles. The van der Waals surface area contributed by atoms with E-state index in [1.54, 1.807) is 0 Å². The van der Waals surface area contributed by atoms with Gasteiger partial charge in [0.05, 0.1) is 13.5 Å². The van der Waals surface area contributed by atoms with Gasteiger partial charge in [-0.05, 0) is 12.5 Å². The lowest BCUT2D eigenvalue weighted by molar-refractivity contribution is -0.140. The van der Waals surface area contributed by atoms with Gasteiger partial charge >= 0.3 is 5.97 Å². The molecular weight excluding hydrogens is 393 g/mol. The first-order valence-corrected chi connectivity index (χ1v) is 7.31. The lowest BCUT2D eigenvalue weighted by atomic mass is 10.0. The first-order valence-electron chi connectivity index (χ1n) is 7.31. The maximum absolute atomic E-state index is 11.1. The number of halogens is 1. The quantitative estimate of drug-likeness (QED) is 0.309. The molecular formula is C16H26IN3O2. The van der Waals surface area contributed by atoms with E-state index < -0.39 is 0 Å². The summed E-state index contributed by atoms with van der Waals surface area (Å²) in [4.78, 5) is 15.6. The van der Waals surface area contributed by atoms with Gasteiger partial charge < -0.3 is 15.4 Å². The van der Waals surface area contributed by atoms with Crippen molar-refractivity contribution in [3.8, 4) is 0 Å². The number of esters is 1. The molecule has 0 fully saturated rings. The van der Waals surface area contributed by atoms with Gasteiger partial charge in [0.2, 0.25) is 0 Å². The van der Waals surface area contributed by atoms with Crippen molar-refractivity contribution in [3.63, 3.8) is 0 Å². The predicted molar refractivity (Wildman–Crippen MR) is 101 cm³/mol. The number of nitrogens with zero attached hydrogens (tertiary/aromatic N) is 1. The Kier molecular flexibility index (Phi) is 11.5. The largest absolute Gasteiger partial charge is 0.469 e. The van der Waals surface area contributed by atoms with Gasteiger partial charge in [0, 0.05) is 25.6 Å². The number of guanidine groups is 1. The van der Waals surface area contributed by atoms with Gasteiger partial charge in [0.25, 0.3) is 0 Å². The minimum Gasteiger partial charge on any atom is -0.469 e. The van der Waals surface area contributed by atoms with E-state index in [0.29, 0.717) is 25.4 Å². The Labute approximate surface area is 149 Å². The van der Waals surface area contributed by atoms with E-state index in [-0.39, 0.29) is 29.9 Å². The van der Waals surface area contributed by atoms with Crippen LogP contribution in [0.5, 0.6) is 0 Å². The number of ether oxygens (including phenoxy) is 1. The standard InChI is InChI=1S/C16H25N3O2.HI/c1-4-17-16(18-11-10-15(20)21-3)19-12-13(2)14-8-6-5-7-9-14;/h5-9,13H,4,10-12H2,1-3H3,(H2,17,18,19);1H. The zero-order valence-electron chi connectivity index (χ0n) is 13.5. The summed E-state index contributed by atoms with van der Waals surface area (Å²) in [5, 5.41) is 6.30. The smallest absolute Gasteiger partial charge is 0.307 e. The average Bonchev–Trinajstić information content (AvgIpc) is 2.52. The summed E-state index contributed by atoms with van der Waals surface area (Å²) in [6, 6.07) is 10.3. The van der Waals surface area contributed by atoms with Crippen LogP contribution in [0.15, 0.2) is 35.3 Å². The molecule has 0 bridgehead atoms. The Hall–Kier alpha value is -1.31. The Bertz CT molecular complexity index is 452. The van der Waals surface area contributed by atoms with E-state index >= 15 is 0 Å². The second-order valence-electron chi connectivity index (χ2n) is 4.78. The van der Waals surface area contributed by atoms with Crippen LogP contribution in [0.4, 0.5) is 0 Å². The van der Waals surface area contributed by atoms with E-state index in [1.807, 2.05) is 25.1 Å². The normalized spacial score (nSPS) is 12.0. The maximum Gasteiger partial charge on any atom is 0.307 e. The van der Waals surface area contributed by atoms with E-state index in [1.165, 1.54) is 12.7 Å². The fourth-order valence-electron chi connectivity index (χ4n) is 1.84. The number of benzene rings is 1. The van der Waals surface area contributed by atoms with E-state index in [0.717, 1.165) is 12.5 Å². The fraction of sp³-hybridized carbons (Fsp3) is 0.500. The van der Waals surface area contributed by atoms with E-state index in [4.69, 9.17) is 0 Å². The topological polar surface area (TPSA) is 62.7 Å². The molecule has 0 radical (unpaired) electrons. The number of carbonyl (C=O) groups is 1. The lowest BCUT2D eigenvalue weighted by Gasteiger charge is -2.13. The highest BCUT2D eigenvalue weighted by atomic mass is 127. The average molecular weight is 419 g/mol. The van der Waals surface area contributed by atoms with Crippen LogP contribution < -0.4 is 10.6 Å². The lowest BCUT2D eigenvalue weighted by Crippen LogP contribution is -2.38. The number of rotatable bonds is 7. The third-order valence-electron chi connectivity index (χ3n) is 3.09. The van der Waals surface area contributed by atoms with Crippen molar-refractivity contribution >= 4 is 35.9 Å². The molecule has 0 saturated heterocycles. The van der Waals surface area contributed by atoms with Crippen molar-refractivity contribution in [2.75, 3.05) is 26.7 Å². The van der Waals surface area contributed by atoms with Gasteiger partial charge in [-0.25, -0.2) is 0 Å². The summed E-state index contributed by atoms with van der Waals surface area (Å²) < 4.78 is 4.61. The van der Waals surface area contributed by atoms with E-state index in [9.17, 15) is 4.79 Å². The van der Waals surface area contributed by atoms with Crippen LogP contribution in [0.1, 0.15) is 31.7 Å². The van der Waals surface area contributed by atoms with E-state index in [2.05, 4.69) is 39.4 Å². The van der Waals surface area contributed by atoms with Gasteiger partial charge in [-0.15, -0.1) is 24.0 Å². The van der Waals surface area contributed by atoms with Crippen LogP contribution in [0.25, 0.3) is 0 Å². The molecule has 2 N–H and O–H groups in total. The number of aliphatic imine (C=N–C) groups is 1. The minimum absolute atomic E-state index is 0. The summed E-state index contributed by atoms with van der Waals surface area (Å²) in [7, 11) is 1.39. The van der Waals surface area contributed by atoms with Crippen molar-refractivity contribution in [1.29, 1.82) is 0 Å². The molecule has 0 aromatic heterocycles.